The van der Waals surface area contributed by atoms with Crippen LogP contribution in [0.4, 0.5) is 26.6 Å². The molecule has 0 radical (unpaired) electrons. The molecule has 0 aliphatic carbocycles. The molecule has 0 unspecified atom stereocenters. The average molecular weight is 274 g/mol. The summed E-state index contributed by atoms with van der Waals surface area (Å²) in [4.78, 5) is 26.0. The molecule has 4 nitrogen and oxygen atoms in total. The van der Waals surface area contributed by atoms with Crippen LogP contribution in [0.2, 0.25) is 0 Å². The summed E-state index contributed by atoms with van der Waals surface area (Å²) in [6.07, 6.45) is 0. The summed E-state index contributed by atoms with van der Waals surface area (Å²) in [5.74, 6) is -14.5. The van der Waals surface area contributed by atoms with E-state index in [1.54, 1.807) is 0 Å². The lowest BCUT2D eigenvalue weighted by Gasteiger charge is -2.06. The Morgan fingerprint density at radius 3 is 1.28 bits per heavy atom. The molecule has 0 atom stereocenters. The molecule has 0 heterocycles. The van der Waals surface area contributed by atoms with E-state index in [2.05, 4.69) is 9.88 Å². The lowest BCUT2D eigenvalue weighted by Crippen LogP contribution is -2.17. The Kier molecular flexibility index (Phi) is 3.79. The van der Waals surface area contributed by atoms with Gasteiger partial charge in [0.05, 0.1) is 0 Å². The van der Waals surface area contributed by atoms with Gasteiger partial charge in [0.25, 0.3) is 0 Å². The maximum atomic E-state index is 13.3. The second kappa shape index (κ2) is 4.94. The number of hydrogen-bond donors (Lipinski definition) is 0. The zero-order valence-corrected chi connectivity index (χ0v) is 7.90. The maximum absolute atomic E-state index is 13.3. The Labute approximate surface area is 93.5 Å². The van der Waals surface area contributed by atoms with Crippen LogP contribution in [0.1, 0.15) is 20.7 Å². The van der Waals surface area contributed by atoms with Crippen LogP contribution < -0.4 is 0 Å². The first-order chi connectivity index (χ1) is 8.36. The van der Waals surface area contributed by atoms with Crippen molar-refractivity contribution in [3.63, 3.8) is 0 Å². The Morgan fingerprint density at radius 1 is 0.667 bits per heavy atom. The van der Waals surface area contributed by atoms with Crippen molar-refractivity contribution < 1.29 is 46.1 Å². The van der Waals surface area contributed by atoms with Gasteiger partial charge in [0.1, 0.15) is 11.1 Å². The first-order valence-electron chi connectivity index (χ1n) is 3.88. The van der Waals surface area contributed by atoms with Gasteiger partial charge in [0, 0.05) is 9.05 Å². The number of carbonyl (C=O) groups is 2. The zero-order chi connectivity index (χ0) is 14.0. The first-order valence-corrected chi connectivity index (χ1v) is 3.88. The van der Waals surface area contributed by atoms with Crippen LogP contribution in [0.5, 0.6) is 0 Å². The summed E-state index contributed by atoms with van der Waals surface area (Å²) >= 11 is 0. The SMILES string of the molecule is O=C(OF)c1c(F)c(F)c(F)c(C(=O)OF)c1F. The van der Waals surface area contributed by atoms with Crippen molar-refractivity contribution in [1.29, 1.82) is 0 Å². The van der Waals surface area contributed by atoms with Gasteiger partial charge in [-0.3, -0.25) is 0 Å². The van der Waals surface area contributed by atoms with Gasteiger partial charge in [0.15, 0.2) is 23.3 Å². The van der Waals surface area contributed by atoms with E-state index in [1.807, 2.05) is 0 Å². The van der Waals surface area contributed by atoms with E-state index in [0.717, 1.165) is 0 Å². The fourth-order valence-electron chi connectivity index (χ4n) is 1.07. The summed E-state index contributed by atoms with van der Waals surface area (Å²) < 4.78 is 75.0. The molecular weight excluding hydrogens is 274 g/mol. The van der Waals surface area contributed by atoms with Crippen molar-refractivity contribution in [3.05, 3.63) is 34.4 Å². The summed E-state index contributed by atoms with van der Waals surface area (Å²) in [5, 5.41) is 0. The summed E-state index contributed by atoms with van der Waals surface area (Å²) in [5.41, 5.74) is -4.09. The molecule has 0 saturated carbocycles. The highest BCUT2D eigenvalue weighted by atomic mass is 19.3. The molecule has 0 aliphatic rings. The highest BCUT2D eigenvalue weighted by Crippen LogP contribution is 2.25. The van der Waals surface area contributed by atoms with Crippen molar-refractivity contribution in [2.24, 2.45) is 0 Å². The molecule has 0 fully saturated rings. The summed E-state index contributed by atoms with van der Waals surface area (Å²) in [6, 6.07) is 0. The number of benzene rings is 1. The molecule has 1 aromatic carbocycles. The predicted octanol–water partition coefficient (Wildman–Crippen LogP) is 2.33. The Hall–Kier alpha value is -2.26. The fourth-order valence-corrected chi connectivity index (χ4v) is 1.07. The van der Waals surface area contributed by atoms with Gasteiger partial charge < -0.3 is 0 Å². The number of hydrogen-bond acceptors (Lipinski definition) is 4. The lowest BCUT2D eigenvalue weighted by molar-refractivity contribution is -0.0808. The van der Waals surface area contributed by atoms with Crippen LogP contribution in [-0.4, -0.2) is 11.9 Å². The van der Waals surface area contributed by atoms with Gasteiger partial charge in [-0.05, 0) is 0 Å². The monoisotopic (exact) mass is 274 g/mol. The third-order valence-electron chi connectivity index (χ3n) is 1.81. The van der Waals surface area contributed by atoms with Gasteiger partial charge in [-0.2, -0.15) is 0 Å². The lowest BCUT2D eigenvalue weighted by atomic mass is 10.1. The Balaban J connectivity index is 3.70. The second-order valence-corrected chi connectivity index (χ2v) is 2.74. The molecule has 0 aliphatic heterocycles. The maximum Gasteiger partial charge on any atom is 0.385 e. The van der Waals surface area contributed by atoms with Crippen LogP contribution in [0, 0.1) is 23.3 Å². The molecule has 0 spiro atoms. The van der Waals surface area contributed by atoms with Crippen molar-refractivity contribution >= 4 is 11.9 Å². The van der Waals surface area contributed by atoms with Crippen LogP contribution in [0.15, 0.2) is 0 Å². The van der Waals surface area contributed by atoms with Crippen molar-refractivity contribution in [3.8, 4) is 0 Å². The largest absolute Gasteiger partial charge is 0.385 e. The average Bonchev–Trinajstić information content (AvgIpc) is 2.35. The van der Waals surface area contributed by atoms with Crippen molar-refractivity contribution in [2.75, 3.05) is 0 Å². The zero-order valence-electron chi connectivity index (χ0n) is 7.90. The van der Waals surface area contributed by atoms with E-state index in [9.17, 15) is 36.2 Å². The summed E-state index contributed by atoms with van der Waals surface area (Å²) in [7, 11) is 0. The van der Waals surface area contributed by atoms with Crippen LogP contribution in [0.25, 0.3) is 0 Å². The molecule has 0 aromatic heterocycles. The molecule has 18 heavy (non-hydrogen) atoms. The second-order valence-electron chi connectivity index (χ2n) is 2.74. The van der Waals surface area contributed by atoms with E-state index >= 15 is 0 Å². The van der Waals surface area contributed by atoms with Gasteiger partial charge >= 0.3 is 11.9 Å². The van der Waals surface area contributed by atoms with Gasteiger partial charge in [-0.1, -0.05) is 0 Å². The standard InChI is InChI=1S/C8F6O4/c9-3-1(7(15)17-13)4(10)6(12)5(11)2(3)8(16)18-14. The van der Waals surface area contributed by atoms with E-state index < -0.39 is 46.3 Å². The minimum Gasteiger partial charge on any atom is -0.249 e. The highest BCUT2D eigenvalue weighted by molar-refractivity contribution is 5.96. The Bertz CT molecular complexity index is 486. The van der Waals surface area contributed by atoms with E-state index in [-0.39, 0.29) is 0 Å². The molecule has 98 valence electrons. The minimum absolute atomic E-state index is 2.04. The fraction of sp³-hybridized carbons (Fsp3) is 0. The minimum atomic E-state index is -2.50. The van der Waals surface area contributed by atoms with E-state index in [1.165, 1.54) is 0 Å². The van der Waals surface area contributed by atoms with Gasteiger partial charge in [0.2, 0.25) is 0 Å². The topological polar surface area (TPSA) is 52.6 Å². The number of halogens is 6. The molecular formula is C8F6O4. The molecule has 1 aromatic rings. The quantitative estimate of drug-likeness (QED) is 0.472. The van der Waals surface area contributed by atoms with Crippen LogP contribution in [-0.2, 0) is 9.88 Å². The molecule has 10 heteroatoms. The van der Waals surface area contributed by atoms with E-state index in [4.69, 9.17) is 0 Å². The molecule has 0 bridgehead atoms. The van der Waals surface area contributed by atoms with Crippen LogP contribution >= 0.6 is 0 Å². The predicted molar refractivity (Wildman–Crippen MR) is 39.3 cm³/mol. The van der Waals surface area contributed by atoms with Gasteiger partial charge in [-0.15, -0.1) is 0 Å². The molecule has 1 rings (SSSR count). The summed E-state index contributed by atoms with van der Waals surface area (Å²) in [6.45, 7) is 0. The number of rotatable bonds is 2. The van der Waals surface area contributed by atoms with Gasteiger partial charge in [-0.25, -0.2) is 37.0 Å². The number of carbonyl (C=O) groups excluding carboxylic acids is 2. The first kappa shape index (κ1) is 13.8. The van der Waals surface area contributed by atoms with Crippen molar-refractivity contribution in [2.45, 2.75) is 0 Å². The Morgan fingerprint density at radius 2 is 1.00 bits per heavy atom. The third kappa shape index (κ3) is 1.96. The van der Waals surface area contributed by atoms with Crippen molar-refractivity contribution in [1.82, 2.24) is 0 Å². The highest BCUT2D eigenvalue weighted by Gasteiger charge is 2.34. The smallest absolute Gasteiger partial charge is 0.249 e. The third-order valence-corrected chi connectivity index (χ3v) is 1.81. The molecule has 0 N–H and O–H groups in total. The van der Waals surface area contributed by atoms with Crippen LogP contribution in [0.3, 0.4) is 0 Å². The van der Waals surface area contributed by atoms with E-state index in [0.29, 0.717) is 0 Å². The molecule has 0 saturated heterocycles. The normalized spacial score (nSPS) is 10.1. The molecule has 0 amide bonds.